The van der Waals surface area contributed by atoms with Crippen LogP contribution in [0.15, 0.2) is 71.2 Å². The highest BCUT2D eigenvalue weighted by Crippen LogP contribution is 2.29. The molecule has 24 heavy (non-hydrogen) atoms. The molecule has 0 heterocycles. The minimum atomic E-state index is 0.478. The third kappa shape index (κ3) is 3.57. The van der Waals surface area contributed by atoms with Crippen molar-refractivity contribution in [1.29, 1.82) is 0 Å². The van der Waals surface area contributed by atoms with Gasteiger partial charge in [-0.25, -0.2) is 0 Å². The van der Waals surface area contributed by atoms with Crippen molar-refractivity contribution in [2.45, 2.75) is 13.5 Å². The fourth-order valence-electron chi connectivity index (χ4n) is 2.63. The first-order chi connectivity index (χ1) is 11.7. The van der Waals surface area contributed by atoms with Crippen molar-refractivity contribution in [2.75, 3.05) is 0 Å². The molecule has 0 aliphatic rings. The number of halogens is 1. The summed E-state index contributed by atoms with van der Waals surface area (Å²) < 4.78 is 6.71. The number of benzene rings is 3. The van der Waals surface area contributed by atoms with E-state index < -0.39 is 0 Å². The summed E-state index contributed by atoms with van der Waals surface area (Å²) in [4.78, 5) is 10.8. The Kier molecular flexibility index (Phi) is 5.11. The first kappa shape index (κ1) is 16.5. The Morgan fingerprint density at radius 3 is 2.50 bits per heavy atom. The minimum absolute atomic E-state index is 0.478. The molecule has 0 bridgehead atoms. The maximum atomic E-state index is 10.8. The zero-order valence-corrected chi connectivity index (χ0v) is 14.9. The van der Waals surface area contributed by atoms with Crippen LogP contribution in [0.5, 0.6) is 5.75 Å². The Bertz CT molecular complexity index is 857. The number of rotatable bonds is 5. The van der Waals surface area contributed by atoms with E-state index in [0.29, 0.717) is 12.2 Å². The number of hydrogen-bond donors (Lipinski definition) is 0. The van der Waals surface area contributed by atoms with Gasteiger partial charge in [-0.15, -0.1) is 0 Å². The number of carbonyl (C=O) groups is 1. The monoisotopic (exact) mass is 380 g/mol. The summed E-state index contributed by atoms with van der Waals surface area (Å²) in [5.41, 5.74) is 5.39. The molecule has 3 heteroatoms. The van der Waals surface area contributed by atoms with Gasteiger partial charge in [0.05, 0.1) is 4.47 Å². The van der Waals surface area contributed by atoms with Crippen molar-refractivity contribution in [3.63, 3.8) is 0 Å². The fraction of sp³-hybridized carbons (Fsp3) is 0.0952. The molecule has 0 aliphatic heterocycles. The maximum Gasteiger partial charge on any atom is 0.150 e. The van der Waals surface area contributed by atoms with Gasteiger partial charge < -0.3 is 4.74 Å². The molecule has 0 N–H and O–H groups in total. The van der Waals surface area contributed by atoms with Gasteiger partial charge in [0, 0.05) is 5.56 Å². The molecule has 3 rings (SSSR count). The molecule has 0 spiro atoms. The smallest absolute Gasteiger partial charge is 0.150 e. The Balaban J connectivity index is 1.83. The van der Waals surface area contributed by atoms with E-state index >= 15 is 0 Å². The zero-order valence-electron chi connectivity index (χ0n) is 13.3. The maximum absolute atomic E-state index is 10.8. The molecule has 120 valence electrons. The van der Waals surface area contributed by atoms with Gasteiger partial charge in [0.25, 0.3) is 0 Å². The van der Waals surface area contributed by atoms with Crippen LogP contribution in [0, 0.1) is 6.92 Å². The molecule has 3 aromatic carbocycles. The average Bonchev–Trinajstić information content (AvgIpc) is 2.62. The summed E-state index contributed by atoms with van der Waals surface area (Å²) >= 11 is 3.45. The number of carbonyl (C=O) groups excluding carboxylic acids is 1. The number of hydrogen-bond acceptors (Lipinski definition) is 2. The Morgan fingerprint density at radius 2 is 1.79 bits per heavy atom. The Hall–Kier alpha value is -2.39. The van der Waals surface area contributed by atoms with Gasteiger partial charge in [0.1, 0.15) is 18.6 Å². The summed E-state index contributed by atoms with van der Waals surface area (Å²) in [6, 6.07) is 21.9. The van der Waals surface area contributed by atoms with Crippen LogP contribution >= 0.6 is 15.9 Å². The molecular formula is C21H17BrO2. The van der Waals surface area contributed by atoms with Crippen molar-refractivity contribution in [3.05, 3.63) is 87.9 Å². The van der Waals surface area contributed by atoms with Crippen molar-refractivity contribution in [1.82, 2.24) is 0 Å². The van der Waals surface area contributed by atoms with Crippen LogP contribution in [0.4, 0.5) is 0 Å². The van der Waals surface area contributed by atoms with Crippen molar-refractivity contribution < 1.29 is 9.53 Å². The minimum Gasteiger partial charge on any atom is -0.488 e. The van der Waals surface area contributed by atoms with E-state index in [0.717, 1.165) is 22.1 Å². The summed E-state index contributed by atoms with van der Waals surface area (Å²) in [6.45, 7) is 2.59. The van der Waals surface area contributed by atoms with Crippen molar-refractivity contribution >= 4 is 22.2 Å². The van der Waals surface area contributed by atoms with Crippen LogP contribution in [-0.4, -0.2) is 6.29 Å². The molecule has 2 nitrogen and oxygen atoms in total. The Morgan fingerprint density at radius 1 is 1.00 bits per heavy atom. The predicted molar refractivity (Wildman–Crippen MR) is 100 cm³/mol. The van der Waals surface area contributed by atoms with Crippen LogP contribution in [0.25, 0.3) is 11.1 Å². The molecule has 0 amide bonds. The summed E-state index contributed by atoms with van der Waals surface area (Å²) in [7, 11) is 0. The summed E-state index contributed by atoms with van der Waals surface area (Å²) in [6.07, 6.45) is 0.821. The lowest BCUT2D eigenvalue weighted by Crippen LogP contribution is -2.00. The van der Waals surface area contributed by atoms with Crippen LogP contribution in [0.3, 0.4) is 0 Å². The van der Waals surface area contributed by atoms with Crippen LogP contribution in [-0.2, 0) is 6.61 Å². The van der Waals surface area contributed by atoms with E-state index in [1.807, 2.05) is 24.3 Å². The van der Waals surface area contributed by atoms with E-state index in [4.69, 9.17) is 4.74 Å². The first-order valence-electron chi connectivity index (χ1n) is 7.70. The molecule has 0 aliphatic carbocycles. The van der Waals surface area contributed by atoms with Gasteiger partial charge in [-0.05, 0) is 63.3 Å². The van der Waals surface area contributed by atoms with Gasteiger partial charge in [0.2, 0.25) is 0 Å². The highest BCUT2D eigenvalue weighted by molar-refractivity contribution is 9.10. The fourth-order valence-corrected chi connectivity index (χ4v) is 3.14. The van der Waals surface area contributed by atoms with Gasteiger partial charge in [-0.1, -0.05) is 48.5 Å². The average molecular weight is 381 g/mol. The molecule has 0 aromatic heterocycles. The number of ether oxygens (including phenoxy) is 1. The molecule has 0 saturated carbocycles. The van der Waals surface area contributed by atoms with E-state index in [1.165, 1.54) is 16.7 Å². The first-order valence-corrected chi connectivity index (χ1v) is 8.50. The SMILES string of the molecule is Cc1c(COc2ccc(C=O)cc2Br)cccc1-c1ccccc1. The van der Waals surface area contributed by atoms with E-state index in [1.54, 1.807) is 12.1 Å². The van der Waals surface area contributed by atoms with Gasteiger partial charge >= 0.3 is 0 Å². The quantitative estimate of drug-likeness (QED) is 0.521. The molecule has 0 unspecified atom stereocenters. The summed E-state index contributed by atoms with van der Waals surface area (Å²) in [5.74, 6) is 0.727. The van der Waals surface area contributed by atoms with Crippen LogP contribution < -0.4 is 4.74 Å². The highest BCUT2D eigenvalue weighted by atomic mass is 79.9. The molecule has 0 radical (unpaired) electrons. The second-order valence-corrected chi connectivity index (χ2v) is 6.41. The second-order valence-electron chi connectivity index (χ2n) is 5.55. The van der Waals surface area contributed by atoms with Gasteiger partial charge in [-0.3, -0.25) is 4.79 Å². The lowest BCUT2D eigenvalue weighted by molar-refractivity contribution is 0.112. The van der Waals surface area contributed by atoms with Crippen LogP contribution in [0.2, 0.25) is 0 Å². The van der Waals surface area contributed by atoms with E-state index in [9.17, 15) is 4.79 Å². The number of aldehydes is 1. The molecule has 0 atom stereocenters. The standard InChI is InChI=1S/C21H17BrO2/c1-15-18(8-5-9-19(15)17-6-3-2-4-7-17)14-24-21-11-10-16(13-23)12-20(21)22/h2-13H,14H2,1H3. The van der Waals surface area contributed by atoms with E-state index in [-0.39, 0.29) is 0 Å². The van der Waals surface area contributed by atoms with Gasteiger partial charge in [0.15, 0.2) is 0 Å². The molecular weight excluding hydrogens is 364 g/mol. The topological polar surface area (TPSA) is 26.3 Å². The van der Waals surface area contributed by atoms with Gasteiger partial charge in [-0.2, -0.15) is 0 Å². The molecule has 3 aromatic rings. The predicted octanol–water partition coefficient (Wildman–Crippen LogP) is 5.82. The largest absolute Gasteiger partial charge is 0.488 e. The highest BCUT2D eigenvalue weighted by Gasteiger charge is 2.08. The normalized spacial score (nSPS) is 10.4. The second kappa shape index (κ2) is 7.45. The third-order valence-electron chi connectivity index (χ3n) is 4.01. The molecule has 0 fully saturated rings. The van der Waals surface area contributed by atoms with E-state index in [2.05, 4.69) is 53.2 Å². The summed E-state index contributed by atoms with van der Waals surface area (Å²) in [5, 5.41) is 0. The molecule has 0 saturated heterocycles. The third-order valence-corrected chi connectivity index (χ3v) is 4.63. The Labute approximate surface area is 150 Å². The van der Waals surface area contributed by atoms with Crippen molar-refractivity contribution in [2.24, 2.45) is 0 Å². The lowest BCUT2D eigenvalue weighted by Gasteiger charge is -2.13. The zero-order chi connectivity index (χ0) is 16.9. The van der Waals surface area contributed by atoms with Crippen molar-refractivity contribution in [3.8, 4) is 16.9 Å². The van der Waals surface area contributed by atoms with Crippen LogP contribution in [0.1, 0.15) is 21.5 Å². The lowest BCUT2D eigenvalue weighted by atomic mass is 9.97.